The number of carbonyl (C=O) groups excluding carboxylic acids is 1. The number of hydrogen-bond acceptors (Lipinski definition) is 5. The number of nitrogens with zero attached hydrogens (tertiary/aromatic N) is 3. The maximum absolute atomic E-state index is 11.9. The molecule has 0 fully saturated rings. The summed E-state index contributed by atoms with van der Waals surface area (Å²) in [5.74, 6) is 0.815. The summed E-state index contributed by atoms with van der Waals surface area (Å²) in [5.41, 5.74) is 3.45. The Labute approximate surface area is 136 Å². The second-order valence-electron chi connectivity index (χ2n) is 4.31. The minimum Gasteiger partial charge on any atom is -0.493 e. The van der Waals surface area contributed by atoms with Crippen LogP contribution in [0.3, 0.4) is 0 Å². The molecule has 1 amide bonds. The van der Waals surface area contributed by atoms with Crippen molar-refractivity contribution in [2.24, 2.45) is 12.1 Å². The van der Waals surface area contributed by atoms with E-state index in [1.54, 1.807) is 45.7 Å². The van der Waals surface area contributed by atoms with Crippen molar-refractivity contribution in [3.8, 4) is 11.5 Å². The molecule has 116 valence electrons. The molecule has 22 heavy (non-hydrogen) atoms. The molecular weight excluding hydrogens is 352 g/mol. The highest BCUT2D eigenvalue weighted by Crippen LogP contribution is 2.26. The minimum atomic E-state index is -0.399. The number of benzene rings is 1. The van der Waals surface area contributed by atoms with E-state index in [1.807, 2.05) is 0 Å². The van der Waals surface area contributed by atoms with Gasteiger partial charge in [-0.05, 0) is 39.7 Å². The molecule has 7 nitrogen and oxygen atoms in total. The zero-order chi connectivity index (χ0) is 16.1. The van der Waals surface area contributed by atoms with Crippen molar-refractivity contribution in [3.63, 3.8) is 0 Å². The van der Waals surface area contributed by atoms with Gasteiger partial charge in [-0.1, -0.05) is 0 Å². The Balaban J connectivity index is 2.06. The average Bonchev–Trinajstić information content (AvgIpc) is 2.85. The average molecular weight is 367 g/mol. The van der Waals surface area contributed by atoms with Crippen LogP contribution in [0.1, 0.15) is 16.1 Å². The van der Waals surface area contributed by atoms with Crippen LogP contribution < -0.4 is 14.9 Å². The number of hydrazone groups is 1. The minimum absolute atomic E-state index is 0.270. The van der Waals surface area contributed by atoms with Crippen molar-refractivity contribution in [1.82, 2.24) is 15.2 Å². The second kappa shape index (κ2) is 7.08. The summed E-state index contributed by atoms with van der Waals surface area (Å²) in [6, 6.07) is 5.32. The first-order chi connectivity index (χ1) is 10.5. The topological polar surface area (TPSA) is 77.7 Å². The molecule has 2 rings (SSSR count). The highest BCUT2D eigenvalue weighted by molar-refractivity contribution is 9.10. The van der Waals surface area contributed by atoms with Crippen LogP contribution in [-0.4, -0.2) is 36.1 Å². The van der Waals surface area contributed by atoms with E-state index in [0.717, 1.165) is 5.56 Å². The van der Waals surface area contributed by atoms with Crippen LogP contribution in [0.2, 0.25) is 0 Å². The Hall–Kier alpha value is -2.35. The predicted molar refractivity (Wildman–Crippen MR) is 85.5 cm³/mol. The van der Waals surface area contributed by atoms with Gasteiger partial charge in [0.05, 0.1) is 24.9 Å². The molecule has 8 heteroatoms. The number of rotatable bonds is 5. The number of aromatic nitrogens is 2. The molecule has 1 heterocycles. The first-order valence-corrected chi connectivity index (χ1v) is 7.09. The largest absolute Gasteiger partial charge is 0.493 e. The van der Waals surface area contributed by atoms with Crippen molar-refractivity contribution in [2.45, 2.75) is 0 Å². The molecule has 1 aromatic heterocycles. The molecule has 1 N–H and O–H groups in total. The number of nitrogens with one attached hydrogen (secondary N) is 1. The number of methoxy groups -OCH3 is 2. The summed E-state index contributed by atoms with van der Waals surface area (Å²) in [7, 11) is 4.85. The molecule has 0 aliphatic carbocycles. The van der Waals surface area contributed by atoms with Gasteiger partial charge in [0.1, 0.15) is 0 Å². The van der Waals surface area contributed by atoms with E-state index < -0.39 is 5.91 Å². The van der Waals surface area contributed by atoms with Gasteiger partial charge in [-0.25, -0.2) is 5.43 Å². The van der Waals surface area contributed by atoms with Crippen LogP contribution in [0.4, 0.5) is 0 Å². The highest BCUT2D eigenvalue weighted by Gasteiger charge is 2.13. The summed E-state index contributed by atoms with van der Waals surface area (Å²) >= 11 is 3.26. The fraction of sp³-hybridized carbons (Fsp3) is 0.214. The lowest BCUT2D eigenvalue weighted by molar-refractivity contribution is 0.0948. The molecule has 0 atom stereocenters. The molecular formula is C14H15BrN4O3. The van der Waals surface area contributed by atoms with Crippen LogP contribution in [0, 0.1) is 0 Å². The first kappa shape index (κ1) is 16.0. The Kier molecular flexibility index (Phi) is 5.16. The second-order valence-corrected chi connectivity index (χ2v) is 5.17. The number of ether oxygens (including phenoxy) is 2. The van der Waals surface area contributed by atoms with E-state index in [2.05, 4.69) is 31.6 Å². The zero-order valence-corrected chi connectivity index (χ0v) is 13.9. The lowest BCUT2D eigenvalue weighted by Crippen LogP contribution is -2.19. The van der Waals surface area contributed by atoms with Crippen LogP contribution >= 0.6 is 15.9 Å². The highest BCUT2D eigenvalue weighted by atomic mass is 79.9. The van der Waals surface area contributed by atoms with Crippen molar-refractivity contribution in [1.29, 1.82) is 0 Å². The summed E-state index contributed by atoms with van der Waals surface area (Å²) < 4.78 is 12.5. The molecule has 0 aliphatic rings. The van der Waals surface area contributed by atoms with Crippen LogP contribution in [-0.2, 0) is 7.05 Å². The molecule has 2 aromatic rings. The van der Waals surface area contributed by atoms with Gasteiger partial charge >= 0.3 is 0 Å². The third-order valence-corrected chi connectivity index (χ3v) is 3.37. The van der Waals surface area contributed by atoms with Crippen molar-refractivity contribution >= 4 is 28.1 Å². The van der Waals surface area contributed by atoms with E-state index in [1.165, 1.54) is 10.9 Å². The Bertz CT molecular complexity index is 712. The van der Waals surface area contributed by atoms with Crippen molar-refractivity contribution < 1.29 is 14.3 Å². The van der Waals surface area contributed by atoms with Gasteiger partial charge in [0, 0.05) is 13.2 Å². The molecule has 0 bridgehead atoms. The number of aryl methyl sites for hydroxylation is 1. The van der Waals surface area contributed by atoms with Crippen LogP contribution in [0.15, 0.2) is 34.0 Å². The number of hydrogen-bond donors (Lipinski definition) is 1. The Morgan fingerprint density at radius 1 is 1.36 bits per heavy atom. The van der Waals surface area contributed by atoms with Gasteiger partial charge in [0.2, 0.25) is 0 Å². The fourth-order valence-corrected chi connectivity index (χ4v) is 2.32. The third-order valence-electron chi connectivity index (χ3n) is 2.79. The maximum atomic E-state index is 11.9. The van der Waals surface area contributed by atoms with E-state index in [-0.39, 0.29) is 5.69 Å². The molecule has 0 saturated heterocycles. The van der Waals surface area contributed by atoms with E-state index >= 15 is 0 Å². The zero-order valence-electron chi connectivity index (χ0n) is 12.3. The lowest BCUT2D eigenvalue weighted by Gasteiger charge is -2.07. The quantitative estimate of drug-likeness (QED) is 0.648. The molecule has 0 aliphatic heterocycles. The monoisotopic (exact) mass is 366 g/mol. The van der Waals surface area contributed by atoms with Crippen molar-refractivity contribution in [3.05, 3.63) is 40.1 Å². The number of halogens is 1. The summed E-state index contributed by atoms with van der Waals surface area (Å²) in [5, 5.41) is 7.94. The van der Waals surface area contributed by atoms with Gasteiger partial charge in [0.25, 0.3) is 5.91 Å². The Morgan fingerprint density at radius 3 is 2.68 bits per heavy atom. The molecule has 0 spiro atoms. The Morgan fingerprint density at radius 2 is 2.09 bits per heavy atom. The van der Waals surface area contributed by atoms with Gasteiger partial charge in [-0.2, -0.15) is 10.2 Å². The SMILES string of the molecule is COc1ccc(/C=N/NC(=O)c2nn(C)cc2Br)cc1OC. The standard InChI is InChI=1S/C14H15BrN4O3/c1-19-8-10(15)13(18-19)14(20)17-16-7-9-4-5-11(21-2)12(6-9)22-3/h4-8H,1-3H3,(H,17,20)/b16-7+. The molecule has 0 saturated carbocycles. The van der Waals surface area contributed by atoms with Gasteiger partial charge in [0.15, 0.2) is 17.2 Å². The molecule has 0 radical (unpaired) electrons. The number of carbonyl (C=O) groups is 1. The normalized spacial score (nSPS) is 10.7. The van der Waals surface area contributed by atoms with E-state index in [0.29, 0.717) is 16.0 Å². The van der Waals surface area contributed by atoms with E-state index in [4.69, 9.17) is 9.47 Å². The summed E-state index contributed by atoms with van der Waals surface area (Å²) in [6.07, 6.45) is 3.20. The third kappa shape index (κ3) is 3.64. The van der Waals surface area contributed by atoms with E-state index in [9.17, 15) is 4.79 Å². The molecule has 1 aromatic carbocycles. The molecule has 0 unspecified atom stereocenters. The maximum Gasteiger partial charge on any atom is 0.293 e. The van der Waals surface area contributed by atoms with Crippen LogP contribution in [0.5, 0.6) is 11.5 Å². The van der Waals surface area contributed by atoms with Gasteiger partial charge in [-0.3, -0.25) is 9.48 Å². The summed E-state index contributed by atoms with van der Waals surface area (Å²) in [6.45, 7) is 0. The van der Waals surface area contributed by atoms with Gasteiger partial charge < -0.3 is 9.47 Å². The number of amides is 1. The first-order valence-electron chi connectivity index (χ1n) is 6.29. The van der Waals surface area contributed by atoms with Crippen LogP contribution in [0.25, 0.3) is 0 Å². The van der Waals surface area contributed by atoms with Crippen molar-refractivity contribution in [2.75, 3.05) is 14.2 Å². The fourth-order valence-electron chi connectivity index (χ4n) is 1.76. The smallest absolute Gasteiger partial charge is 0.293 e. The van der Waals surface area contributed by atoms with Gasteiger partial charge in [-0.15, -0.1) is 0 Å². The predicted octanol–water partition coefficient (Wildman–Crippen LogP) is 1.96. The lowest BCUT2D eigenvalue weighted by atomic mass is 10.2. The summed E-state index contributed by atoms with van der Waals surface area (Å²) in [4.78, 5) is 11.9.